The molecule has 17 heavy (non-hydrogen) atoms. The van der Waals surface area contributed by atoms with Gasteiger partial charge < -0.3 is 13.8 Å². The fraction of sp³-hybridized carbons (Fsp3) is 0.727. The van der Waals surface area contributed by atoms with Gasteiger partial charge in [0.2, 0.25) is 0 Å². The van der Waals surface area contributed by atoms with Crippen LogP contribution in [0.4, 0.5) is 0 Å². The minimum Gasteiger partial charge on any atom is -0.465 e. The molecule has 0 fully saturated rings. The van der Waals surface area contributed by atoms with Crippen LogP contribution in [0, 0.1) is 0 Å². The van der Waals surface area contributed by atoms with Crippen molar-refractivity contribution in [3.05, 3.63) is 11.4 Å². The Morgan fingerprint density at radius 1 is 1.18 bits per heavy atom. The van der Waals surface area contributed by atoms with Gasteiger partial charge in [-0.2, -0.15) is 0 Å². The quantitative estimate of drug-likeness (QED) is 0.383. The number of ether oxygens (including phenoxy) is 1. The second-order valence-electron chi connectivity index (χ2n) is 3.20. The Morgan fingerprint density at radius 2 is 1.71 bits per heavy atom. The highest BCUT2D eigenvalue weighted by Crippen LogP contribution is 2.56. The zero-order valence-electron chi connectivity index (χ0n) is 10.9. The fourth-order valence-corrected chi connectivity index (χ4v) is 2.91. The van der Waals surface area contributed by atoms with Crippen LogP contribution in [0.5, 0.6) is 0 Å². The lowest BCUT2D eigenvalue weighted by molar-refractivity contribution is -0.135. The molecule has 0 radical (unpaired) electrons. The SMILES string of the molecule is CCC/C=C(/C(=O)OC)P(=O)(OCC)OCC. The first-order valence-electron chi connectivity index (χ1n) is 5.73. The summed E-state index contributed by atoms with van der Waals surface area (Å²) in [4.78, 5) is 11.6. The van der Waals surface area contributed by atoms with E-state index in [1.165, 1.54) is 7.11 Å². The lowest BCUT2D eigenvalue weighted by atomic mass is 10.3. The molecule has 0 aliphatic carbocycles. The summed E-state index contributed by atoms with van der Waals surface area (Å²) >= 11 is 0. The maximum absolute atomic E-state index is 12.4. The second-order valence-corrected chi connectivity index (χ2v) is 5.20. The van der Waals surface area contributed by atoms with E-state index in [4.69, 9.17) is 9.05 Å². The monoisotopic (exact) mass is 264 g/mol. The molecule has 0 bridgehead atoms. The predicted molar refractivity (Wildman–Crippen MR) is 65.9 cm³/mol. The zero-order valence-corrected chi connectivity index (χ0v) is 11.8. The molecule has 6 heteroatoms. The van der Waals surface area contributed by atoms with Gasteiger partial charge in [-0.15, -0.1) is 0 Å². The van der Waals surface area contributed by atoms with Crippen LogP contribution < -0.4 is 0 Å². The van der Waals surface area contributed by atoms with Gasteiger partial charge in [0.1, 0.15) is 5.31 Å². The highest BCUT2D eigenvalue weighted by Gasteiger charge is 2.35. The summed E-state index contributed by atoms with van der Waals surface area (Å²) in [7, 11) is -2.30. The molecule has 5 nitrogen and oxygen atoms in total. The molecule has 0 aliphatic heterocycles. The summed E-state index contributed by atoms with van der Waals surface area (Å²) in [6, 6.07) is 0. The molecule has 0 rings (SSSR count). The van der Waals surface area contributed by atoms with E-state index in [1.807, 2.05) is 6.92 Å². The van der Waals surface area contributed by atoms with Crippen LogP contribution in [0.3, 0.4) is 0 Å². The van der Waals surface area contributed by atoms with E-state index in [1.54, 1.807) is 19.9 Å². The number of unbranched alkanes of at least 4 members (excludes halogenated alkanes) is 1. The Hall–Kier alpha value is -0.640. The number of methoxy groups -OCH3 is 1. The van der Waals surface area contributed by atoms with Crippen molar-refractivity contribution < 1.29 is 23.1 Å². The van der Waals surface area contributed by atoms with Crippen LogP contribution in [-0.4, -0.2) is 26.3 Å². The van der Waals surface area contributed by atoms with Gasteiger partial charge in [0, 0.05) is 0 Å². The van der Waals surface area contributed by atoms with E-state index in [0.29, 0.717) is 6.42 Å². The van der Waals surface area contributed by atoms with Crippen LogP contribution in [0.25, 0.3) is 0 Å². The Labute approximate surface area is 103 Å². The van der Waals surface area contributed by atoms with Gasteiger partial charge in [0.05, 0.1) is 20.3 Å². The van der Waals surface area contributed by atoms with Gasteiger partial charge in [-0.25, -0.2) is 4.79 Å². The predicted octanol–water partition coefficient (Wildman–Crippen LogP) is 3.11. The normalized spacial score (nSPS) is 12.6. The van der Waals surface area contributed by atoms with Crippen molar-refractivity contribution in [2.45, 2.75) is 33.6 Å². The molecule has 0 atom stereocenters. The Kier molecular flexibility index (Phi) is 8.13. The van der Waals surface area contributed by atoms with Gasteiger partial charge in [-0.3, -0.25) is 4.57 Å². The molecule has 0 aliphatic rings. The number of carbonyl (C=O) groups is 1. The first-order valence-corrected chi connectivity index (χ1v) is 7.28. The molecule has 100 valence electrons. The maximum Gasteiger partial charge on any atom is 0.368 e. The molecule has 0 heterocycles. The fourth-order valence-electron chi connectivity index (χ4n) is 1.21. The van der Waals surface area contributed by atoms with Crippen LogP contribution in [0.1, 0.15) is 33.6 Å². The second kappa shape index (κ2) is 8.45. The standard InChI is InChI=1S/C11H21O5P/c1-5-8-9-10(11(12)14-4)17(13,15-6-2)16-7-3/h9H,5-8H2,1-4H3/b10-9-. The maximum atomic E-state index is 12.4. The third-order valence-corrected chi connectivity index (χ3v) is 4.07. The molecule has 0 aromatic heterocycles. The molecule has 0 N–H and O–H groups in total. The minimum absolute atomic E-state index is 0.00875. The van der Waals surface area contributed by atoms with Gasteiger partial charge >= 0.3 is 13.6 Å². The van der Waals surface area contributed by atoms with Gasteiger partial charge in [0.15, 0.2) is 0 Å². The Morgan fingerprint density at radius 3 is 2.06 bits per heavy atom. The largest absolute Gasteiger partial charge is 0.465 e. The van der Waals surface area contributed by atoms with Crippen LogP contribution in [-0.2, 0) is 23.1 Å². The zero-order chi connectivity index (χ0) is 13.3. The lowest BCUT2D eigenvalue weighted by Gasteiger charge is -2.18. The Bertz CT molecular complexity index is 301. The summed E-state index contributed by atoms with van der Waals surface area (Å²) in [5, 5.41) is -0.00875. The van der Waals surface area contributed by atoms with E-state index in [-0.39, 0.29) is 18.5 Å². The van der Waals surface area contributed by atoms with Crippen molar-refractivity contribution in [1.29, 1.82) is 0 Å². The number of allylic oxidation sites excluding steroid dienone is 1. The Balaban J connectivity index is 5.21. The molecule has 0 saturated carbocycles. The van der Waals surface area contributed by atoms with E-state index in [9.17, 15) is 9.36 Å². The molecule has 0 saturated heterocycles. The average molecular weight is 264 g/mol. The van der Waals surface area contributed by atoms with Gasteiger partial charge in [-0.1, -0.05) is 19.4 Å². The van der Waals surface area contributed by atoms with Crippen molar-refractivity contribution >= 4 is 13.6 Å². The number of hydrogen-bond donors (Lipinski definition) is 0. The molecule has 0 aromatic carbocycles. The van der Waals surface area contributed by atoms with Crippen molar-refractivity contribution in [3.8, 4) is 0 Å². The lowest BCUT2D eigenvalue weighted by Crippen LogP contribution is -2.09. The topological polar surface area (TPSA) is 61.8 Å². The van der Waals surface area contributed by atoms with Crippen LogP contribution >= 0.6 is 7.60 Å². The highest BCUT2D eigenvalue weighted by atomic mass is 31.2. The molecule has 0 unspecified atom stereocenters. The average Bonchev–Trinajstić information content (AvgIpc) is 2.29. The van der Waals surface area contributed by atoms with E-state index >= 15 is 0 Å². The third-order valence-electron chi connectivity index (χ3n) is 1.91. The summed E-state index contributed by atoms with van der Waals surface area (Å²) < 4.78 is 27.2. The summed E-state index contributed by atoms with van der Waals surface area (Å²) in [5.74, 6) is -0.663. The molecule has 0 spiro atoms. The first-order chi connectivity index (χ1) is 8.05. The van der Waals surface area contributed by atoms with E-state index in [2.05, 4.69) is 4.74 Å². The minimum atomic E-state index is -3.55. The van der Waals surface area contributed by atoms with E-state index in [0.717, 1.165) is 6.42 Å². The molecule has 0 amide bonds. The third kappa shape index (κ3) is 5.02. The first kappa shape index (κ1) is 16.4. The van der Waals surface area contributed by atoms with Gasteiger partial charge in [0.25, 0.3) is 0 Å². The van der Waals surface area contributed by atoms with Crippen molar-refractivity contribution in [2.24, 2.45) is 0 Å². The van der Waals surface area contributed by atoms with Crippen molar-refractivity contribution in [1.82, 2.24) is 0 Å². The summed E-state index contributed by atoms with van der Waals surface area (Å²) in [5.41, 5.74) is 0. The summed E-state index contributed by atoms with van der Waals surface area (Å²) in [6.45, 7) is 5.76. The van der Waals surface area contributed by atoms with Crippen molar-refractivity contribution in [3.63, 3.8) is 0 Å². The number of esters is 1. The molecular weight excluding hydrogens is 243 g/mol. The number of rotatable bonds is 8. The number of carbonyl (C=O) groups excluding carboxylic acids is 1. The smallest absolute Gasteiger partial charge is 0.368 e. The van der Waals surface area contributed by atoms with E-state index < -0.39 is 13.6 Å². The van der Waals surface area contributed by atoms with Crippen LogP contribution in [0.15, 0.2) is 11.4 Å². The highest BCUT2D eigenvalue weighted by molar-refractivity contribution is 7.59. The van der Waals surface area contributed by atoms with Crippen molar-refractivity contribution in [2.75, 3.05) is 20.3 Å². The summed E-state index contributed by atoms with van der Waals surface area (Å²) in [6.07, 6.45) is 3.02. The van der Waals surface area contributed by atoms with Gasteiger partial charge in [-0.05, 0) is 20.3 Å². The van der Waals surface area contributed by atoms with Crippen LogP contribution in [0.2, 0.25) is 0 Å². The number of hydrogen-bond acceptors (Lipinski definition) is 5. The molecule has 0 aromatic rings. The molecular formula is C11H21O5P.